The summed E-state index contributed by atoms with van der Waals surface area (Å²) in [5, 5.41) is -0.0542. The predicted molar refractivity (Wildman–Crippen MR) is 105 cm³/mol. The largest absolute Gasteiger partial charge is 0.493 e. The number of ether oxygens (including phenoxy) is 3. The molecule has 2 aromatic rings. The van der Waals surface area contributed by atoms with Gasteiger partial charge in [0.05, 0.1) is 33.4 Å². The zero-order valence-corrected chi connectivity index (χ0v) is 14.6. The molecule has 1 aromatic carbocycles. The first-order chi connectivity index (χ1) is 19.8. The van der Waals surface area contributed by atoms with E-state index < -0.39 is 74.0 Å². The highest BCUT2D eigenvalue weighted by molar-refractivity contribution is 5.91. The minimum atomic E-state index is -3.95. The summed E-state index contributed by atoms with van der Waals surface area (Å²) in [7, 11) is 2.55. The van der Waals surface area contributed by atoms with Crippen LogP contribution in [0, 0.1) is 0 Å². The number of piperazine rings is 1. The monoisotopic (exact) mass is 403 g/mol. The van der Waals surface area contributed by atoms with Crippen LogP contribution in [0.2, 0.25) is 2.82 Å². The van der Waals surface area contributed by atoms with Crippen molar-refractivity contribution in [2.45, 2.75) is 18.8 Å². The number of aromatic nitrogens is 2. The third kappa shape index (κ3) is 3.37. The highest BCUT2D eigenvalue weighted by Crippen LogP contribution is 2.34. The zero-order chi connectivity index (χ0) is 33.8. The first-order valence-electron chi connectivity index (χ1n) is 15.7. The van der Waals surface area contributed by atoms with Crippen LogP contribution in [0.1, 0.15) is 31.9 Å². The van der Waals surface area contributed by atoms with Crippen molar-refractivity contribution in [2.75, 3.05) is 57.4 Å². The molecule has 0 radical (unpaired) electrons. The quantitative estimate of drug-likeness (QED) is 0.790. The fraction of sp³-hybridized carbons (Fsp3) is 0.526. The van der Waals surface area contributed by atoms with Crippen LogP contribution in [0.3, 0.4) is 0 Å². The van der Waals surface area contributed by atoms with E-state index in [4.69, 9.17) is 31.5 Å². The van der Waals surface area contributed by atoms with E-state index in [0.29, 0.717) is 0 Å². The van der Waals surface area contributed by atoms with Crippen molar-refractivity contribution in [3.63, 3.8) is 0 Å². The Balaban J connectivity index is 1.95. The van der Waals surface area contributed by atoms with E-state index in [1.165, 1.54) is 26.4 Å². The smallest absolute Gasteiger partial charge is 0.251 e. The molecule has 9 heteroatoms. The molecule has 1 atom stereocenters. The van der Waals surface area contributed by atoms with Crippen LogP contribution >= 0.6 is 0 Å². The fourth-order valence-corrected chi connectivity index (χ4v) is 2.44. The highest BCUT2D eigenvalue weighted by Gasteiger charge is 2.31. The molecule has 2 aliphatic heterocycles. The lowest BCUT2D eigenvalue weighted by Gasteiger charge is -2.35. The van der Waals surface area contributed by atoms with Crippen molar-refractivity contribution >= 4 is 28.6 Å². The van der Waals surface area contributed by atoms with Gasteiger partial charge in [-0.1, -0.05) is 0 Å². The molecule has 4 rings (SSSR count). The average Bonchev–Trinajstić information content (AvgIpc) is 3.01. The highest BCUT2D eigenvalue weighted by atomic mass is 16.5. The summed E-state index contributed by atoms with van der Waals surface area (Å²) < 4.78 is 146. The molecule has 1 amide bonds. The molecule has 2 N–H and O–H groups in total. The first kappa shape index (κ1) is 7.55. The van der Waals surface area contributed by atoms with Gasteiger partial charge in [-0.05, 0) is 18.8 Å². The van der Waals surface area contributed by atoms with Crippen molar-refractivity contribution in [3.05, 3.63) is 12.1 Å². The van der Waals surface area contributed by atoms with Gasteiger partial charge in [0, 0.05) is 49.5 Å². The summed E-state index contributed by atoms with van der Waals surface area (Å²) in [6.07, 6.45) is -9.96. The van der Waals surface area contributed by atoms with Crippen molar-refractivity contribution in [1.29, 1.82) is 0 Å². The second-order valence-electron chi connectivity index (χ2n) is 5.40. The first-order valence-corrected chi connectivity index (χ1v) is 7.81. The van der Waals surface area contributed by atoms with E-state index in [-0.39, 0.29) is 33.0 Å². The van der Waals surface area contributed by atoms with Crippen molar-refractivity contribution in [2.24, 2.45) is 0 Å². The van der Waals surface area contributed by atoms with Crippen LogP contribution in [0.4, 0.5) is 11.8 Å². The van der Waals surface area contributed by atoms with E-state index in [1.54, 1.807) is 0 Å². The number of methoxy groups -OCH3 is 2. The summed E-state index contributed by atoms with van der Waals surface area (Å²) in [5.74, 6) is -3.64. The molecule has 9 nitrogen and oxygen atoms in total. The van der Waals surface area contributed by atoms with E-state index in [9.17, 15) is 4.79 Å². The van der Waals surface area contributed by atoms with Crippen LogP contribution in [-0.4, -0.2) is 73.6 Å². The van der Waals surface area contributed by atoms with Gasteiger partial charge in [-0.2, -0.15) is 4.98 Å². The third-order valence-electron chi connectivity index (χ3n) is 3.79. The molecule has 3 heterocycles. The summed E-state index contributed by atoms with van der Waals surface area (Å²) in [5.41, 5.74) is -0.245. The summed E-state index contributed by atoms with van der Waals surface area (Å²) in [4.78, 5) is 20.7. The van der Waals surface area contributed by atoms with Crippen LogP contribution in [0.15, 0.2) is 12.1 Å². The van der Waals surface area contributed by atoms with Gasteiger partial charge in [-0.25, -0.2) is 4.98 Å². The van der Waals surface area contributed by atoms with Gasteiger partial charge in [0.1, 0.15) is 11.9 Å². The Labute approximate surface area is 186 Å². The van der Waals surface area contributed by atoms with Crippen LogP contribution in [0.5, 0.6) is 11.5 Å². The van der Waals surface area contributed by atoms with E-state index >= 15 is 0 Å². The van der Waals surface area contributed by atoms with E-state index in [1.807, 2.05) is 0 Å². The molecular weight excluding hydrogens is 362 g/mol. The Morgan fingerprint density at radius 1 is 1.25 bits per heavy atom. The summed E-state index contributed by atoms with van der Waals surface area (Å²) in [6.45, 7) is -19.0. The lowest BCUT2D eigenvalue weighted by molar-refractivity contribution is -0.141. The fourth-order valence-electron chi connectivity index (χ4n) is 2.44. The van der Waals surface area contributed by atoms with Crippen molar-refractivity contribution in [3.8, 4) is 11.5 Å². The second-order valence-corrected chi connectivity index (χ2v) is 5.40. The molecule has 1 unspecified atom stereocenters. The predicted octanol–water partition coefficient (Wildman–Crippen LogP) is 1.06. The Bertz CT molecular complexity index is 1480. The summed E-state index contributed by atoms with van der Waals surface area (Å²) >= 11 is 0. The number of hydrogen-bond acceptors (Lipinski definition) is 8. The number of rotatable bonds is 5. The Kier molecular flexibility index (Phi) is 2.07. The number of carbonyl (C=O) groups is 1. The Morgan fingerprint density at radius 2 is 2.00 bits per heavy atom. The van der Waals surface area contributed by atoms with Gasteiger partial charge in [-0.3, -0.25) is 4.79 Å². The van der Waals surface area contributed by atoms with Gasteiger partial charge < -0.3 is 29.7 Å². The third-order valence-corrected chi connectivity index (χ3v) is 3.79. The van der Waals surface area contributed by atoms with Crippen LogP contribution < -0.4 is 20.1 Å². The Hall–Kier alpha value is -2.81. The van der Waals surface area contributed by atoms with Crippen molar-refractivity contribution < 1.29 is 41.0 Å². The molecule has 28 heavy (non-hydrogen) atoms. The number of anilines is 2. The average molecular weight is 404 g/mol. The molecule has 2 fully saturated rings. The van der Waals surface area contributed by atoms with E-state index in [0.717, 1.165) is 0 Å². The molecular formula is C19H25N5O4. The van der Waals surface area contributed by atoms with Gasteiger partial charge in [0.2, 0.25) is 5.95 Å². The number of nitrogens with two attached hydrogens (primary N) is 1. The number of amides is 1. The molecule has 150 valence electrons. The normalized spacial score (nSPS) is 40.7. The topological polar surface area (TPSA) is 103 Å². The number of fused-ring (bicyclic) bond motifs is 1. The lowest BCUT2D eigenvalue weighted by atomic mass is 10.2. The van der Waals surface area contributed by atoms with Crippen LogP contribution in [0.25, 0.3) is 10.9 Å². The molecule has 0 spiro atoms. The Morgan fingerprint density at radius 3 is 2.64 bits per heavy atom. The van der Waals surface area contributed by atoms with Gasteiger partial charge in [0.15, 0.2) is 14.3 Å². The van der Waals surface area contributed by atoms with Gasteiger partial charge in [0.25, 0.3) is 5.91 Å². The zero-order valence-electron chi connectivity index (χ0n) is 30.6. The molecule has 0 saturated carbocycles. The maximum atomic E-state index is 13.6. The maximum Gasteiger partial charge on any atom is 0.251 e. The standard InChI is InChI=1S/C19H25N5O4/c1-26-15-10-12-13(11-16(15)27-2)21-19(22-17(12)20)24-7-5-23(6-8-24)18(25)14-4-3-9-28-14/h10-11,14H,3-9H2,1-2H3,(H2,20,21,22)/i3D2,4D2,5D2,6D2,7D2,8D2,9D2/hD2. The maximum absolute atomic E-state index is 13.6. The minimum Gasteiger partial charge on any atom is -0.493 e. The molecule has 1 aromatic heterocycles. The van der Waals surface area contributed by atoms with Crippen LogP contribution in [-0.2, 0) is 9.53 Å². The molecule has 0 aliphatic carbocycles. The number of nitrogens with zero attached hydrogens (tertiary/aromatic N) is 4. The lowest BCUT2D eigenvalue weighted by Crippen LogP contribution is -2.51. The number of carbonyl (C=O) groups excluding carboxylic acids is 1. The molecule has 0 bridgehead atoms. The van der Waals surface area contributed by atoms with Crippen molar-refractivity contribution in [1.82, 2.24) is 14.9 Å². The second kappa shape index (κ2) is 7.67. The minimum absolute atomic E-state index is 0.0466. The van der Waals surface area contributed by atoms with Gasteiger partial charge in [-0.15, -0.1) is 0 Å². The SMILES string of the molecule is [2H]N([2H])c1nc(N2C([2H])([2H])C([2H])([2H])N(C(=O)C3OC([2H])([2H])C([2H])([2H])C3([2H])[2H])C([2H])([2H])C2([2H])[2H])nc2cc(OC)c(OC)cc12. The number of hydrogen-bond donors (Lipinski definition) is 1. The van der Waals surface area contributed by atoms with E-state index in [2.05, 4.69) is 14.7 Å². The summed E-state index contributed by atoms with van der Waals surface area (Å²) in [6, 6.07) is 2.45. The van der Waals surface area contributed by atoms with Gasteiger partial charge >= 0.3 is 0 Å². The molecule has 2 saturated heterocycles. The number of benzene rings is 1. The number of nitrogen functional groups attached to an aromatic ring is 1. The molecule has 2 aliphatic rings.